The predicted octanol–water partition coefficient (Wildman–Crippen LogP) is 4.30. The second-order valence-electron chi connectivity index (χ2n) is 6.27. The zero-order chi connectivity index (χ0) is 16.2. The maximum absolute atomic E-state index is 12.4. The van der Waals surface area contributed by atoms with Gasteiger partial charge in [0.15, 0.2) is 0 Å². The number of amides is 1. The summed E-state index contributed by atoms with van der Waals surface area (Å²) in [5, 5.41) is 11.7. The lowest BCUT2D eigenvalue weighted by Gasteiger charge is -2.19. The van der Waals surface area contributed by atoms with E-state index in [2.05, 4.69) is 32.2 Å². The smallest absolute Gasteiger partial charge is 0.255 e. The van der Waals surface area contributed by atoms with Crippen LogP contribution in [0.3, 0.4) is 0 Å². The topological polar surface area (TPSA) is 52.9 Å². The van der Waals surface area contributed by atoms with E-state index in [1.54, 1.807) is 18.2 Å². The maximum atomic E-state index is 12.4. The summed E-state index contributed by atoms with van der Waals surface area (Å²) in [6, 6.07) is 17.1. The van der Waals surface area contributed by atoms with E-state index in [9.17, 15) is 4.79 Å². The van der Waals surface area contributed by atoms with Gasteiger partial charge in [0.2, 0.25) is 0 Å². The second-order valence-corrected chi connectivity index (χ2v) is 6.27. The Morgan fingerprint density at radius 1 is 1.09 bits per heavy atom. The summed E-state index contributed by atoms with van der Waals surface area (Å²) in [7, 11) is 0. The zero-order valence-corrected chi connectivity index (χ0v) is 13.2. The highest BCUT2D eigenvalue weighted by Gasteiger charge is 2.14. The Morgan fingerprint density at radius 2 is 1.73 bits per heavy atom. The number of rotatable bonds is 3. The van der Waals surface area contributed by atoms with Gasteiger partial charge in [0.1, 0.15) is 0 Å². The molecule has 0 aliphatic rings. The Kier molecular flexibility index (Phi) is 4.62. The average Bonchev–Trinajstić information content (AvgIpc) is 2.47. The van der Waals surface area contributed by atoms with Crippen LogP contribution in [-0.2, 0) is 11.8 Å². The molecule has 0 unspecified atom stereocenters. The second kappa shape index (κ2) is 6.44. The molecule has 2 aromatic carbocycles. The van der Waals surface area contributed by atoms with Crippen LogP contribution < -0.4 is 5.32 Å². The van der Waals surface area contributed by atoms with Crippen molar-refractivity contribution >= 4 is 11.6 Å². The lowest BCUT2D eigenvalue weighted by Crippen LogP contribution is -2.15. The molecule has 0 spiro atoms. The fourth-order valence-electron chi connectivity index (χ4n) is 2.23. The molecule has 1 amide bonds. The van der Waals surface area contributed by atoms with E-state index < -0.39 is 0 Å². The molecular weight excluding hydrogens is 272 g/mol. The van der Waals surface area contributed by atoms with E-state index in [1.165, 1.54) is 5.56 Å². The number of benzene rings is 2. The van der Waals surface area contributed by atoms with Gasteiger partial charge in [-0.25, -0.2) is 0 Å². The van der Waals surface area contributed by atoms with Crippen molar-refractivity contribution in [2.24, 2.45) is 0 Å². The van der Waals surface area contributed by atoms with Crippen LogP contribution in [-0.4, -0.2) is 5.91 Å². The summed E-state index contributed by atoms with van der Waals surface area (Å²) in [6.45, 7) is 6.45. The number of carbonyl (C=O) groups excluding carboxylic acids is 1. The molecule has 0 saturated heterocycles. The fourth-order valence-corrected chi connectivity index (χ4v) is 2.23. The largest absolute Gasteiger partial charge is 0.322 e. The number of nitrogens with one attached hydrogen (secondary N) is 1. The van der Waals surface area contributed by atoms with Gasteiger partial charge in [0.25, 0.3) is 5.91 Å². The molecule has 0 fully saturated rings. The monoisotopic (exact) mass is 292 g/mol. The van der Waals surface area contributed by atoms with Crippen LogP contribution in [0, 0.1) is 11.3 Å². The van der Waals surface area contributed by atoms with Crippen molar-refractivity contribution in [2.45, 2.75) is 32.6 Å². The summed E-state index contributed by atoms with van der Waals surface area (Å²) in [6.07, 6.45) is 0.229. The van der Waals surface area contributed by atoms with Crippen LogP contribution in [0.5, 0.6) is 0 Å². The van der Waals surface area contributed by atoms with Crippen molar-refractivity contribution in [2.75, 3.05) is 5.32 Å². The first-order valence-electron chi connectivity index (χ1n) is 7.28. The molecule has 2 aromatic rings. The maximum Gasteiger partial charge on any atom is 0.255 e. The third kappa shape index (κ3) is 3.73. The molecular formula is C19H20N2O. The fraction of sp³-hybridized carbons (Fsp3) is 0.263. The van der Waals surface area contributed by atoms with Crippen molar-refractivity contribution in [1.82, 2.24) is 0 Å². The first kappa shape index (κ1) is 15.8. The molecule has 0 bridgehead atoms. The van der Waals surface area contributed by atoms with Gasteiger partial charge in [-0.05, 0) is 34.7 Å². The SMILES string of the molecule is CC(C)(C)c1ccc(NC(=O)c2ccccc2CC#N)cc1. The summed E-state index contributed by atoms with van der Waals surface area (Å²) < 4.78 is 0. The van der Waals surface area contributed by atoms with Gasteiger partial charge < -0.3 is 5.32 Å². The molecule has 0 aliphatic carbocycles. The molecule has 0 saturated carbocycles. The van der Waals surface area contributed by atoms with Crippen molar-refractivity contribution < 1.29 is 4.79 Å². The predicted molar refractivity (Wildman–Crippen MR) is 88.9 cm³/mol. The average molecular weight is 292 g/mol. The Bertz CT molecular complexity index is 703. The van der Waals surface area contributed by atoms with Crippen molar-refractivity contribution in [3.8, 4) is 6.07 Å². The van der Waals surface area contributed by atoms with Crippen LogP contribution in [0.1, 0.15) is 42.3 Å². The van der Waals surface area contributed by atoms with Gasteiger partial charge in [-0.15, -0.1) is 0 Å². The minimum Gasteiger partial charge on any atom is -0.322 e. The highest BCUT2D eigenvalue weighted by atomic mass is 16.1. The normalized spacial score (nSPS) is 10.8. The number of nitrogens with zero attached hydrogens (tertiary/aromatic N) is 1. The van der Waals surface area contributed by atoms with Crippen LogP contribution >= 0.6 is 0 Å². The van der Waals surface area contributed by atoms with Gasteiger partial charge in [-0.3, -0.25) is 4.79 Å². The molecule has 3 nitrogen and oxygen atoms in total. The Morgan fingerprint density at radius 3 is 2.32 bits per heavy atom. The lowest BCUT2D eigenvalue weighted by atomic mass is 9.87. The zero-order valence-electron chi connectivity index (χ0n) is 13.2. The molecule has 0 aliphatic heterocycles. The first-order valence-corrected chi connectivity index (χ1v) is 7.28. The van der Waals surface area contributed by atoms with Crippen molar-refractivity contribution in [3.05, 3.63) is 65.2 Å². The summed E-state index contributed by atoms with van der Waals surface area (Å²) in [5.74, 6) is -0.186. The highest BCUT2D eigenvalue weighted by molar-refractivity contribution is 6.05. The van der Waals surface area contributed by atoms with E-state index in [-0.39, 0.29) is 17.7 Å². The van der Waals surface area contributed by atoms with E-state index in [1.807, 2.05) is 30.3 Å². The van der Waals surface area contributed by atoms with Crippen LogP contribution in [0.15, 0.2) is 48.5 Å². The van der Waals surface area contributed by atoms with Crippen molar-refractivity contribution in [3.63, 3.8) is 0 Å². The summed E-state index contributed by atoms with van der Waals surface area (Å²) >= 11 is 0. The van der Waals surface area contributed by atoms with Crippen molar-refractivity contribution in [1.29, 1.82) is 5.26 Å². The molecule has 0 atom stereocenters. The van der Waals surface area contributed by atoms with Gasteiger partial charge in [0.05, 0.1) is 12.5 Å². The number of hydrogen-bond acceptors (Lipinski definition) is 2. The van der Waals surface area contributed by atoms with Crippen LogP contribution in [0.25, 0.3) is 0 Å². The van der Waals surface area contributed by atoms with E-state index in [4.69, 9.17) is 5.26 Å². The molecule has 3 heteroatoms. The number of hydrogen-bond donors (Lipinski definition) is 1. The quantitative estimate of drug-likeness (QED) is 0.916. The molecule has 0 radical (unpaired) electrons. The minimum atomic E-state index is -0.186. The molecule has 112 valence electrons. The molecule has 0 aromatic heterocycles. The van der Waals surface area contributed by atoms with E-state index in [0.717, 1.165) is 11.3 Å². The van der Waals surface area contributed by atoms with Crippen LogP contribution in [0.4, 0.5) is 5.69 Å². The Balaban J connectivity index is 2.18. The molecule has 1 N–H and O–H groups in total. The molecule has 0 heterocycles. The van der Waals surface area contributed by atoms with Crippen LogP contribution in [0.2, 0.25) is 0 Å². The molecule has 22 heavy (non-hydrogen) atoms. The van der Waals surface area contributed by atoms with E-state index >= 15 is 0 Å². The number of carbonyl (C=O) groups is 1. The van der Waals surface area contributed by atoms with Gasteiger partial charge in [-0.1, -0.05) is 51.1 Å². The highest BCUT2D eigenvalue weighted by Crippen LogP contribution is 2.23. The molecule has 2 rings (SSSR count). The summed E-state index contributed by atoms with van der Waals surface area (Å²) in [4.78, 5) is 12.4. The Hall–Kier alpha value is -2.60. The van der Waals surface area contributed by atoms with Gasteiger partial charge in [-0.2, -0.15) is 5.26 Å². The summed E-state index contributed by atoms with van der Waals surface area (Å²) in [5.41, 5.74) is 3.35. The lowest BCUT2D eigenvalue weighted by molar-refractivity contribution is 0.102. The van der Waals surface area contributed by atoms with E-state index in [0.29, 0.717) is 5.56 Å². The standard InChI is InChI=1S/C19H20N2O/c1-19(2,3)15-8-10-16(11-9-15)21-18(22)17-7-5-4-6-14(17)12-13-20/h4-11H,12H2,1-3H3,(H,21,22). The Labute approximate surface area is 131 Å². The van der Waals surface area contributed by atoms with Gasteiger partial charge in [0, 0.05) is 11.3 Å². The third-order valence-corrected chi connectivity index (χ3v) is 3.54. The third-order valence-electron chi connectivity index (χ3n) is 3.54. The van der Waals surface area contributed by atoms with Gasteiger partial charge >= 0.3 is 0 Å². The minimum absolute atomic E-state index is 0.0853. The first-order chi connectivity index (χ1) is 10.4. The number of anilines is 1. The number of nitriles is 1.